The van der Waals surface area contributed by atoms with Gasteiger partial charge in [0.25, 0.3) is 5.69 Å². The van der Waals surface area contributed by atoms with Crippen LogP contribution in [-0.4, -0.2) is 17.4 Å². The number of benzene rings is 3. The van der Waals surface area contributed by atoms with Gasteiger partial charge in [0.2, 0.25) is 5.91 Å². The number of carbonyl (C=O) groups is 1. The molecule has 3 aromatic carbocycles. The zero-order chi connectivity index (χ0) is 22.5. The summed E-state index contributed by atoms with van der Waals surface area (Å²) < 4.78 is 0. The fourth-order valence-electron chi connectivity index (χ4n) is 4.60. The number of nitrogens with zero attached hydrogens (tertiary/aromatic N) is 1. The Kier molecular flexibility index (Phi) is 6.64. The van der Waals surface area contributed by atoms with Gasteiger partial charge in [0.15, 0.2) is 0 Å². The van der Waals surface area contributed by atoms with Gasteiger partial charge in [-0.2, -0.15) is 0 Å². The number of hydrogen-bond donors (Lipinski definition) is 1. The first-order valence-electron chi connectivity index (χ1n) is 11.3. The number of non-ortho nitro benzene ring substituents is 1. The summed E-state index contributed by atoms with van der Waals surface area (Å²) in [5.74, 6) is -0.166. The third-order valence-electron chi connectivity index (χ3n) is 6.16. The number of fused-ring (bicyclic) bond motifs is 3. The molecule has 0 aromatic heterocycles. The summed E-state index contributed by atoms with van der Waals surface area (Å²) in [6.07, 6.45) is 4.77. The van der Waals surface area contributed by atoms with Crippen LogP contribution in [0.1, 0.15) is 54.4 Å². The van der Waals surface area contributed by atoms with E-state index < -0.39 is 0 Å². The molecule has 0 aliphatic heterocycles. The van der Waals surface area contributed by atoms with Crippen molar-refractivity contribution in [2.24, 2.45) is 0 Å². The van der Waals surface area contributed by atoms with E-state index in [1.807, 2.05) is 24.3 Å². The highest BCUT2D eigenvalue weighted by Gasteiger charge is 2.34. The van der Waals surface area contributed by atoms with Gasteiger partial charge in [0.1, 0.15) is 0 Å². The molecule has 32 heavy (non-hydrogen) atoms. The van der Waals surface area contributed by atoms with Crippen LogP contribution in [0.4, 0.5) is 5.69 Å². The minimum atomic E-state index is -0.368. The van der Waals surface area contributed by atoms with Crippen molar-refractivity contribution < 1.29 is 9.72 Å². The average molecular weight is 429 g/mol. The van der Waals surface area contributed by atoms with Crippen LogP contribution < -0.4 is 5.32 Å². The molecule has 1 atom stereocenters. The molecule has 5 heteroatoms. The maximum atomic E-state index is 13.0. The Morgan fingerprint density at radius 3 is 2.41 bits per heavy atom. The number of nitro groups is 1. The van der Waals surface area contributed by atoms with E-state index in [1.54, 1.807) is 12.1 Å². The van der Waals surface area contributed by atoms with E-state index in [1.165, 1.54) is 16.7 Å². The summed E-state index contributed by atoms with van der Waals surface area (Å²) in [5.41, 5.74) is 7.11. The number of unbranched alkanes of at least 4 members (excludes halogenated alkanes) is 1. The molecule has 5 nitrogen and oxygen atoms in total. The fraction of sp³-hybridized carbons (Fsp3) is 0.296. The zero-order valence-electron chi connectivity index (χ0n) is 18.3. The van der Waals surface area contributed by atoms with Crippen molar-refractivity contribution in [2.75, 3.05) is 6.54 Å². The molecule has 0 saturated carbocycles. The Balaban J connectivity index is 1.48. The molecule has 1 N–H and O–H groups in total. The van der Waals surface area contributed by atoms with Crippen molar-refractivity contribution in [3.63, 3.8) is 0 Å². The van der Waals surface area contributed by atoms with Crippen molar-refractivity contribution in [2.45, 2.75) is 44.9 Å². The lowest BCUT2D eigenvalue weighted by Crippen LogP contribution is -2.29. The van der Waals surface area contributed by atoms with Crippen molar-refractivity contribution in [3.05, 3.63) is 99.1 Å². The van der Waals surface area contributed by atoms with Crippen LogP contribution in [0.3, 0.4) is 0 Å². The third-order valence-corrected chi connectivity index (χ3v) is 6.16. The average Bonchev–Trinajstić information content (AvgIpc) is 3.16. The molecule has 0 fully saturated rings. The Hall–Kier alpha value is -3.47. The number of amides is 1. The van der Waals surface area contributed by atoms with E-state index in [0.29, 0.717) is 6.54 Å². The van der Waals surface area contributed by atoms with Crippen LogP contribution >= 0.6 is 0 Å². The Morgan fingerprint density at radius 2 is 1.66 bits per heavy atom. The molecular weight excluding hydrogens is 400 g/mol. The van der Waals surface area contributed by atoms with Gasteiger partial charge in [-0.3, -0.25) is 14.9 Å². The van der Waals surface area contributed by atoms with Crippen LogP contribution in [0.25, 0.3) is 11.1 Å². The highest BCUT2D eigenvalue weighted by atomic mass is 16.6. The highest BCUT2D eigenvalue weighted by Crippen LogP contribution is 2.46. The monoisotopic (exact) mass is 428 g/mol. The van der Waals surface area contributed by atoms with Gasteiger partial charge in [-0.05, 0) is 65.5 Å². The first-order chi connectivity index (χ1) is 15.6. The maximum absolute atomic E-state index is 13.0. The molecule has 1 aliphatic carbocycles. The maximum Gasteiger partial charge on any atom is 0.269 e. The van der Waals surface area contributed by atoms with Gasteiger partial charge in [-0.25, -0.2) is 0 Å². The summed E-state index contributed by atoms with van der Waals surface area (Å²) in [6.45, 7) is 2.75. The molecule has 0 bridgehead atoms. The SMILES string of the molecule is CCCNC(=O)C1c2ccccc2-c2c(CCCCc3ccc([N+](=O)[O-])cc3)cccc21. The summed E-state index contributed by atoms with van der Waals surface area (Å²) >= 11 is 0. The molecule has 1 unspecified atom stereocenters. The van der Waals surface area contributed by atoms with Crippen molar-refractivity contribution >= 4 is 11.6 Å². The van der Waals surface area contributed by atoms with Gasteiger partial charge in [0.05, 0.1) is 10.8 Å². The molecular formula is C27H28N2O3. The van der Waals surface area contributed by atoms with E-state index in [0.717, 1.165) is 48.8 Å². The van der Waals surface area contributed by atoms with E-state index in [2.05, 4.69) is 42.6 Å². The van der Waals surface area contributed by atoms with Crippen molar-refractivity contribution in [3.8, 4) is 11.1 Å². The quantitative estimate of drug-likeness (QED) is 0.266. The lowest BCUT2D eigenvalue weighted by atomic mass is 9.93. The summed E-state index contributed by atoms with van der Waals surface area (Å²) in [6, 6.07) is 21.4. The van der Waals surface area contributed by atoms with Crippen LogP contribution in [0.2, 0.25) is 0 Å². The molecule has 0 spiro atoms. The molecule has 1 aliphatic rings. The van der Waals surface area contributed by atoms with Crippen LogP contribution in [0.5, 0.6) is 0 Å². The molecule has 0 saturated heterocycles. The van der Waals surface area contributed by atoms with Crippen LogP contribution in [0, 0.1) is 10.1 Å². The van der Waals surface area contributed by atoms with E-state index in [-0.39, 0.29) is 22.4 Å². The second kappa shape index (κ2) is 9.77. The largest absolute Gasteiger partial charge is 0.355 e. The predicted octanol–water partition coefficient (Wildman–Crippen LogP) is 5.80. The van der Waals surface area contributed by atoms with Gasteiger partial charge in [-0.15, -0.1) is 0 Å². The number of nitrogens with one attached hydrogen (secondary N) is 1. The second-order valence-electron chi connectivity index (χ2n) is 8.32. The van der Waals surface area contributed by atoms with E-state index >= 15 is 0 Å². The minimum Gasteiger partial charge on any atom is -0.355 e. The normalized spacial score (nSPS) is 14.0. The molecule has 1 amide bonds. The van der Waals surface area contributed by atoms with Gasteiger partial charge < -0.3 is 5.32 Å². The smallest absolute Gasteiger partial charge is 0.269 e. The Bertz CT molecular complexity index is 1120. The first kappa shape index (κ1) is 21.8. The number of aryl methyl sites for hydroxylation is 2. The third kappa shape index (κ3) is 4.42. The number of carbonyl (C=O) groups excluding carboxylic acids is 1. The highest BCUT2D eigenvalue weighted by molar-refractivity contribution is 5.97. The number of nitro benzene ring substituents is 1. The summed E-state index contributed by atoms with van der Waals surface area (Å²) in [5, 5.41) is 13.9. The zero-order valence-corrected chi connectivity index (χ0v) is 18.3. The van der Waals surface area contributed by atoms with Crippen molar-refractivity contribution in [1.82, 2.24) is 5.32 Å². The summed E-state index contributed by atoms with van der Waals surface area (Å²) in [7, 11) is 0. The number of hydrogen-bond acceptors (Lipinski definition) is 3. The predicted molar refractivity (Wildman–Crippen MR) is 127 cm³/mol. The molecule has 3 aromatic rings. The van der Waals surface area contributed by atoms with Crippen LogP contribution in [0.15, 0.2) is 66.7 Å². The lowest BCUT2D eigenvalue weighted by Gasteiger charge is -2.14. The van der Waals surface area contributed by atoms with Gasteiger partial charge in [-0.1, -0.05) is 61.5 Å². The minimum absolute atomic E-state index is 0.0772. The number of rotatable bonds is 9. The topological polar surface area (TPSA) is 72.2 Å². The van der Waals surface area contributed by atoms with E-state index in [4.69, 9.17) is 0 Å². The van der Waals surface area contributed by atoms with Crippen molar-refractivity contribution in [1.29, 1.82) is 0 Å². The van der Waals surface area contributed by atoms with E-state index in [9.17, 15) is 14.9 Å². The van der Waals surface area contributed by atoms with Gasteiger partial charge in [0, 0.05) is 18.7 Å². The first-order valence-corrected chi connectivity index (χ1v) is 11.3. The van der Waals surface area contributed by atoms with Gasteiger partial charge >= 0.3 is 0 Å². The fourth-order valence-corrected chi connectivity index (χ4v) is 4.60. The lowest BCUT2D eigenvalue weighted by molar-refractivity contribution is -0.384. The molecule has 0 heterocycles. The Labute approximate surface area is 188 Å². The molecule has 164 valence electrons. The van der Waals surface area contributed by atoms with Crippen LogP contribution in [-0.2, 0) is 17.6 Å². The summed E-state index contributed by atoms with van der Waals surface area (Å²) in [4.78, 5) is 23.4. The second-order valence-corrected chi connectivity index (χ2v) is 8.32. The molecule has 0 radical (unpaired) electrons. The standard InChI is InChI=1S/C27H28N2O3/c1-2-18-28-27(30)26-23-12-6-5-11-22(23)25-20(10-7-13-24(25)26)9-4-3-8-19-14-16-21(17-15-19)29(31)32/h5-7,10-17,26H,2-4,8-9,18H2,1H3,(H,28,30). The molecule has 4 rings (SSSR count). The Morgan fingerprint density at radius 1 is 0.938 bits per heavy atom.